The SMILES string of the molecule is CCC[C@@]1(O)CCO[C@H](COCc2ccccc2)C1. The maximum Gasteiger partial charge on any atom is 0.0836 e. The van der Waals surface area contributed by atoms with Crippen molar-refractivity contribution in [2.24, 2.45) is 0 Å². The predicted octanol–water partition coefficient (Wildman–Crippen LogP) is 2.91. The third-order valence-electron chi connectivity index (χ3n) is 3.66. The Bertz CT molecular complexity index is 362. The molecule has 1 aliphatic rings. The molecule has 1 fully saturated rings. The molecule has 0 radical (unpaired) electrons. The van der Waals surface area contributed by atoms with Crippen molar-refractivity contribution in [1.29, 1.82) is 0 Å². The molecule has 1 heterocycles. The van der Waals surface area contributed by atoms with E-state index in [2.05, 4.69) is 19.1 Å². The second kappa shape index (κ2) is 7.04. The van der Waals surface area contributed by atoms with Crippen LogP contribution in [0.5, 0.6) is 0 Å². The Kier molecular flexibility index (Phi) is 5.37. The Labute approximate surface area is 115 Å². The number of aliphatic hydroxyl groups is 1. The maximum absolute atomic E-state index is 10.4. The van der Waals surface area contributed by atoms with Crippen LogP contribution in [0.2, 0.25) is 0 Å². The van der Waals surface area contributed by atoms with Crippen LogP contribution < -0.4 is 0 Å². The topological polar surface area (TPSA) is 38.7 Å². The lowest BCUT2D eigenvalue weighted by molar-refractivity contribution is -0.128. The van der Waals surface area contributed by atoms with Gasteiger partial charge in [0, 0.05) is 13.0 Å². The highest BCUT2D eigenvalue weighted by molar-refractivity contribution is 5.13. The molecule has 0 aromatic heterocycles. The van der Waals surface area contributed by atoms with E-state index in [1.54, 1.807) is 0 Å². The van der Waals surface area contributed by atoms with Crippen LogP contribution in [0.4, 0.5) is 0 Å². The van der Waals surface area contributed by atoms with Crippen molar-refractivity contribution >= 4 is 0 Å². The molecule has 0 aliphatic carbocycles. The first-order chi connectivity index (χ1) is 9.22. The minimum atomic E-state index is -0.548. The third kappa shape index (κ3) is 4.60. The van der Waals surface area contributed by atoms with Gasteiger partial charge in [-0.3, -0.25) is 0 Å². The quantitative estimate of drug-likeness (QED) is 0.858. The van der Waals surface area contributed by atoms with Crippen molar-refractivity contribution < 1.29 is 14.6 Å². The number of hydrogen-bond donors (Lipinski definition) is 1. The van der Waals surface area contributed by atoms with Gasteiger partial charge in [-0.2, -0.15) is 0 Å². The van der Waals surface area contributed by atoms with E-state index in [9.17, 15) is 5.11 Å². The molecular weight excluding hydrogens is 240 g/mol. The number of hydrogen-bond acceptors (Lipinski definition) is 3. The summed E-state index contributed by atoms with van der Waals surface area (Å²) in [6.07, 6.45) is 3.32. The minimum Gasteiger partial charge on any atom is -0.390 e. The van der Waals surface area contributed by atoms with Gasteiger partial charge in [-0.1, -0.05) is 43.7 Å². The van der Waals surface area contributed by atoms with Gasteiger partial charge in [0.1, 0.15) is 0 Å². The van der Waals surface area contributed by atoms with Crippen LogP contribution >= 0.6 is 0 Å². The highest BCUT2D eigenvalue weighted by Gasteiger charge is 2.34. The minimum absolute atomic E-state index is 0.0222. The molecule has 0 unspecified atom stereocenters. The van der Waals surface area contributed by atoms with Gasteiger partial charge in [-0.25, -0.2) is 0 Å². The van der Waals surface area contributed by atoms with Crippen LogP contribution in [0.25, 0.3) is 0 Å². The first-order valence-corrected chi connectivity index (χ1v) is 7.17. The van der Waals surface area contributed by atoms with Crippen LogP contribution in [0, 0.1) is 0 Å². The highest BCUT2D eigenvalue weighted by atomic mass is 16.5. The average molecular weight is 264 g/mol. The molecule has 0 amide bonds. The van der Waals surface area contributed by atoms with Gasteiger partial charge >= 0.3 is 0 Å². The fourth-order valence-electron chi connectivity index (χ4n) is 2.68. The molecule has 3 heteroatoms. The summed E-state index contributed by atoms with van der Waals surface area (Å²) in [5.41, 5.74) is 0.621. The van der Waals surface area contributed by atoms with Crippen molar-refractivity contribution in [3.8, 4) is 0 Å². The van der Waals surface area contributed by atoms with Crippen LogP contribution in [0.3, 0.4) is 0 Å². The molecule has 1 aliphatic heterocycles. The molecule has 1 N–H and O–H groups in total. The second-order valence-corrected chi connectivity index (χ2v) is 5.42. The van der Waals surface area contributed by atoms with Gasteiger partial charge < -0.3 is 14.6 Å². The Balaban J connectivity index is 1.74. The summed E-state index contributed by atoms with van der Waals surface area (Å²) in [5, 5.41) is 10.4. The summed E-state index contributed by atoms with van der Waals surface area (Å²) < 4.78 is 11.4. The van der Waals surface area contributed by atoms with Gasteiger partial charge in [-0.15, -0.1) is 0 Å². The Hall–Kier alpha value is -0.900. The Morgan fingerprint density at radius 3 is 2.89 bits per heavy atom. The number of benzene rings is 1. The summed E-state index contributed by atoms with van der Waals surface area (Å²) in [6, 6.07) is 10.1. The van der Waals surface area contributed by atoms with Crippen molar-refractivity contribution in [2.45, 2.75) is 50.9 Å². The lowest BCUT2D eigenvalue weighted by Gasteiger charge is -2.36. The van der Waals surface area contributed by atoms with E-state index in [0.29, 0.717) is 26.2 Å². The maximum atomic E-state index is 10.4. The molecule has 19 heavy (non-hydrogen) atoms. The van der Waals surface area contributed by atoms with E-state index in [-0.39, 0.29) is 6.10 Å². The molecule has 0 saturated carbocycles. The molecule has 106 valence electrons. The summed E-state index contributed by atoms with van der Waals surface area (Å²) >= 11 is 0. The summed E-state index contributed by atoms with van der Waals surface area (Å²) in [5.74, 6) is 0. The molecular formula is C16H24O3. The average Bonchev–Trinajstić information content (AvgIpc) is 2.40. The summed E-state index contributed by atoms with van der Waals surface area (Å²) in [6.45, 7) is 3.90. The molecule has 2 rings (SSSR count). The normalized spacial score (nSPS) is 27.4. The van der Waals surface area contributed by atoms with E-state index >= 15 is 0 Å². The second-order valence-electron chi connectivity index (χ2n) is 5.42. The van der Waals surface area contributed by atoms with Crippen molar-refractivity contribution in [3.63, 3.8) is 0 Å². The van der Waals surface area contributed by atoms with Crippen LogP contribution in [-0.4, -0.2) is 30.0 Å². The molecule has 1 saturated heterocycles. The van der Waals surface area contributed by atoms with Crippen molar-refractivity contribution in [2.75, 3.05) is 13.2 Å². The zero-order valence-corrected chi connectivity index (χ0v) is 11.7. The largest absolute Gasteiger partial charge is 0.390 e. The summed E-state index contributed by atoms with van der Waals surface area (Å²) in [4.78, 5) is 0. The van der Waals surface area contributed by atoms with Crippen LogP contribution in [0.15, 0.2) is 30.3 Å². The van der Waals surface area contributed by atoms with Gasteiger partial charge in [-0.05, 0) is 18.4 Å². The van der Waals surface area contributed by atoms with Crippen LogP contribution in [0.1, 0.15) is 38.2 Å². The van der Waals surface area contributed by atoms with E-state index in [1.807, 2.05) is 18.2 Å². The van der Waals surface area contributed by atoms with Gasteiger partial charge in [0.05, 0.1) is 24.9 Å². The van der Waals surface area contributed by atoms with Gasteiger partial charge in [0.15, 0.2) is 0 Å². The predicted molar refractivity (Wildman–Crippen MR) is 74.9 cm³/mol. The first kappa shape index (κ1) is 14.5. The zero-order chi connectivity index (χ0) is 13.6. The zero-order valence-electron chi connectivity index (χ0n) is 11.7. The van der Waals surface area contributed by atoms with Gasteiger partial charge in [0.2, 0.25) is 0 Å². The van der Waals surface area contributed by atoms with E-state index < -0.39 is 5.60 Å². The lowest BCUT2D eigenvalue weighted by Crippen LogP contribution is -2.42. The monoisotopic (exact) mass is 264 g/mol. The molecule has 1 aromatic carbocycles. The van der Waals surface area contributed by atoms with Gasteiger partial charge in [0.25, 0.3) is 0 Å². The molecule has 0 spiro atoms. The fraction of sp³-hybridized carbons (Fsp3) is 0.625. The van der Waals surface area contributed by atoms with Crippen LogP contribution in [-0.2, 0) is 16.1 Å². The summed E-state index contributed by atoms with van der Waals surface area (Å²) in [7, 11) is 0. The van der Waals surface area contributed by atoms with Crippen molar-refractivity contribution in [1.82, 2.24) is 0 Å². The van der Waals surface area contributed by atoms with E-state index in [0.717, 1.165) is 19.3 Å². The van der Waals surface area contributed by atoms with E-state index in [4.69, 9.17) is 9.47 Å². The Morgan fingerprint density at radius 2 is 2.16 bits per heavy atom. The fourth-order valence-corrected chi connectivity index (χ4v) is 2.68. The first-order valence-electron chi connectivity index (χ1n) is 7.17. The number of ether oxygens (including phenoxy) is 2. The molecule has 0 bridgehead atoms. The molecule has 2 atom stereocenters. The smallest absolute Gasteiger partial charge is 0.0836 e. The standard InChI is InChI=1S/C16H24O3/c1-2-8-16(17)9-10-19-15(11-16)13-18-12-14-6-4-3-5-7-14/h3-7,15,17H,2,8-13H2,1H3/t15-,16+/m0/s1. The highest BCUT2D eigenvalue weighted by Crippen LogP contribution is 2.29. The Morgan fingerprint density at radius 1 is 1.37 bits per heavy atom. The number of rotatable bonds is 6. The lowest BCUT2D eigenvalue weighted by atomic mass is 9.86. The van der Waals surface area contributed by atoms with Crippen molar-refractivity contribution in [3.05, 3.63) is 35.9 Å². The van der Waals surface area contributed by atoms with E-state index in [1.165, 1.54) is 5.56 Å². The molecule has 1 aromatic rings. The third-order valence-corrected chi connectivity index (χ3v) is 3.66. The molecule has 3 nitrogen and oxygen atoms in total.